The van der Waals surface area contributed by atoms with Crippen LogP contribution in [0.4, 0.5) is 0 Å². The maximum Gasteiger partial charge on any atom is 0.306 e. The second-order valence-corrected chi connectivity index (χ2v) is 5.63. The van der Waals surface area contributed by atoms with Gasteiger partial charge in [0, 0.05) is 33.2 Å². The zero-order valence-corrected chi connectivity index (χ0v) is 19.0. The third kappa shape index (κ3) is 12.5. The molecule has 5 nitrogen and oxygen atoms in total. The van der Waals surface area contributed by atoms with E-state index in [1.54, 1.807) is 7.11 Å². The SMILES string of the molecule is CC.CC.CCOC.CCOC(=O)CCc1ccc2c(c1)CCN(C=O)CC2. The van der Waals surface area contributed by atoms with Crippen molar-refractivity contribution in [3.05, 3.63) is 34.9 Å². The van der Waals surface area contributed by atoms with Crippen molar-refractivity contribution in [1.82, 2.24) is 4.90 Å². The minimum absolute atomic E-state index is 0.144. The molecule has 0 spiro atoms. The van der Waals surface area contributed by atoms with E-state index in [1.807, 2.05) is 46.4 Å². The lowest BCUT2D eigenvalue weighted by molar-refractivity contribution is -0.143. The lowest BCUT2D eigenvalue weighted by Gasteiger charge is -2.12. The molecule has 1 aliphatic rings. The predicted octanol–water partition coefficient (Wildman–Crippen LogP) is 4.44. The number of aryl methyl sites for hydroxylation is 1. The molecule has 0 unspecified atom stereocenters. The average molecular weight is 396 g/mol. The number of rotatable bonds is 6. The summed E-state index contributed by atoms with van der Waals surface area (Å²) in [4.78, 5) is 24.0. The molecule has 0 bridgehead atoms. The number of fused-ring (bicyclic) bond motifs is 1. The maximum atomic E-state index is 11.4. The Labute approximate surface area is 172 Å². The number of nitrogens with zero attached hydrogens (tertiary/aromatic N) is 1. The number of esters is 1. The third-order valence-corrected chi connectivity index (χ3v) is 3.97. The van der Waals surface area contributed by atoms with Crippen molar-refractivity contribution < 1.29 is 19.1 Å². The van der Waals surface area contributed by atoms with Gasteiger partial charge in [0.25, 0.3) is 0 Å². The summed E-state index contributed by atoms with van der Waals surface area (Å²) < 4.78 is 9.48. The van der Waals surface area contributed by atoms with Crippen LogP contribution in [-0.4, -0.2) is 50.7 Å². The molecule has 1 amide bonds. The highest BCUT2D eigenvalue weighted by Gasteiger charge is 2.13. The summed E-state index contributed by atoms with van der Waals surface area (Å²) in [6.45, 7) is 14.6. The Morgan fingerprint density at radius 3 is 2.11 bits per heavy atom. The topological polar surface area (TPSA) is 55.8 Å². The third-order valence-electron chi connectivity index (χ3n) is 3.97. The minimum atomic E-state index is -0.144. The zero-order valence-electron chi connectivity index (χ0n) is 19.0. The molecule has 162 valence electrons. The lowest BCUT2D eigenvalue weighted by atomic mass is 9.98. The molecule has 5 heteroatoms. The van der Waals surface area contributed by atoms with Crippen molar-refractivity contribution in [3.8, 4) is 0 Å². The molecule has 0 saturated heterocycles. The highest BCUT2D eigenvalue weighted by Crippen LogP contribution is 2.18. The van der Waals surface area contributed by atoms with E-state index in [1.165, 1.54) is 11.1 Å². The van der Waals surface area contributed by atoms with Crippen LogP contribution >= 0.6 is 0 Å². The normalized spacial score (nSPS) is 11.8. The Kier molecular flexibility index (Phi) is 20.1. The van der Waals surface area contributed by atoms with E-state index in [-0.39, 0.29) is 5.97 Å². The van der Waals surface area contributed by atoms with Crippen LogP contribution in [-0.2, 0) is 38.3 Å². The molecule has 0 N–H and O–H groups in total. The van der Waals surface area contributed by atoms with Crippen LogP contribution in [0.2, 0.25) is 0 Å². The molecule has 1 aromatic rings. The molecule has 0 fully saturated rings. The van der Waals surface area contributed by atoms with Crippen molar-refractivity contribution in [2.75, 3.05) is 33.4 Å². The van der Waals surface area contributed by atoms with Crippen LogP contribution in [0, 0.1) is 0 Å². The van der Waals surface area contributed by atoms with Crippen molar-refractivity contribution in [1.29, 1.82) is 0 Å². The maximum absolute atomic E-state index is 11.4. The summed E-state index contributed by atoms with van der Waals surface area (Å²) in [5.74, 6) is -0.144. The van der Waals surface area contributed by atoms with Gasteiger partial charge in [0.05, 0.1) is 6.61 Å². The van der Waals surface area contributed by atoms with Gasteiger partial charge in [0.2, 0.25) is 6.41 Å². The van der Waals surface area contributed by atoms with Crippen molar-refractivity contribution in [3.63, 3.8) is 0 Å². The molecule has 2 rings (SSSR count). The molecule has 0 radical (unpaired) electrons. The second-order valence-electron chi connectivity index (χ2n) is 5.63. The van der Waals surface area contributed by atoms with Gasteiger partial charge >= 0.3 is 5.97 Å². The Bertz CT molecular complexity index is 515. The fourth-order valence-electron chi connectivity index (χ4n) is 2.54. The lowest BCUT2D eigenvalue weighted by Crippen LogP contribution is -2.24. The summed E-state index contributed by atoms with van der Waals surface area (Å²) in [6, 6.07) is 6.38. The number of hydrogen-bond acceptors (Lipinski definition) is 4. The van der Waals surface area contributed by atoms with E-state index in [0.29, 0.717) is 19.4 Å². The summed E-state index contributed by atoms with van der Waals surface area (Å²) >= 11 is 0. The fraction of sp³-hybridized carbons (Fsp3) is 0.652. The highest BCUT2D eigenvalue weighted by molar-refractivity contribution is 5.69. The smallest absolute Gasteiger partial charge is 0.306 e. The second kappa shape index (κ2) is 19.9. The first-order valence-electron chi connectivity index (χ1n) is 10.6. The van der Waals surface area contributed by atoms with Crippen molar-refractivity contribution in [2.24, 2.45) is 0 Å². The summed E-state index contributed by atoms with van der Waals surface area (Å²) in [6.07, 6.45) is 3.86. The molecular formula is C23H41NO4. The van der Waals surface area contributed by atoms with Crippen LogP contribution in [0.25, 0.3) is 0 Å². The molecule has 28 heavy (non-hydrogen) atoms. The molecular weight excluding hydrogens is 354 g/mol. The quantitative estimate of drug-likeness (QED) is 0.528. The van der Waals surface area contributed by atoms with Crippen LogP contribution < -0.4 is 0 Å². The first-order chi connectivity index (χ1) is 13.6. The van der Waals surface area contributed by atoms with E-state index >= 15 is 0 Å². The molecule has 0 aromatic heterocycles. The van der Waals surface area contributed by atoms with Gasteiger partial charge in [-0.05, 0) is 49.8 Å². The largest absolute Gasteiger partial charge is 0.466 e. The van der Waals surface area contributed by atoms with Crippen LogP contribution in [0.1, 0.15) is 64.7 Å². The number of amides is 1. The molecule has 0 atom stereocenters. The van der Waals surface area contributed by atoms with Crippen LogP contribution in [0.3, 0.4) is 0 Å². The molecule has 1 aromatic carbocycles. The van der Waals surface area contributed by atoms with Gasteiger partial charge in [-0.1, -0.05) is 45.9 Å². The van der Waals surface area contributed by atoms with E-state index < -0.39 is 0 Å². The van der Waals surface area contributed by atoms with Crippen LogP contribution in [0.5, 0.6) is 0 Å². The van der Waals surface area contributed by atoms with E-state index in [4.69, 9.17) is 4.74 Å². The first kappa shape index (κ1) is 28.3. The van der Waals surface area contributed by atoms with Gasteiger partial charge in [-0.3, -0.25) is 9.59 Å². The Morgan fingerprint density at radius 1 is 1.04 bits per heavy atom. The van der Waals surface area contributed by atoms with Gasteiger partial charge in [-0.2, -0.15) is 0 Å². The highest BCUT2D eigenvalue weighted by atomic mass is 16.5. The summed E-state index contributed by atoms with van der Waals surface area (Å²) in [7, 11) is 1.68. The average Bonchev–Trinajstić information content (AvgIpc) is 2.97. The van der Waals surface area contributed by atoms with E-state index in [9.17, 15) is 9.59 Å². The van der Waals surface area contributed by atoms with Crippen molar-refractivity contribution in [2.45, 2.75) is 67.2 Å². The van der Waals surface area contributed by atoms with Crippen LogP contribution in [0.15, 0.2) is 18.2 Å². The number of hydrogen-bond donors (Lipinski definition) is 0. The standard InChI is InChI=1S/C16H21NO3.C3H8O.2C2H6/c1-2-20-16(19)6-4-13-3-5-14-7-9-17(12-18)10-8-15(14)11-13;1-3-4-2;2*1-2/h3,5,11-12H,2,4,6-10H2,1H3;3H2,1-2H3;2*1-2H3. The molecule has 1 heterocycles. The zero-order chi connectivity index (χ0) is 21.8. The monoisotopic (exact) mass is 395 g/mol. The number of methoxy groups -OCH3 is 1. The predicted molar refractivity (Wildman–Crippen MR) is 117 cm³/mol. The minimum Gasteiger partial charge on any atom is -0.466 e. The summed E-state index contributed by atoms with van der Waals surface area (Å²) in [5.41, 5.74) is 3.78. The number of ether oxygens (including phenoxy) is 2. The molecule has 0 aliphatic carbocycles. The number of benzene rings is 1. The number of carbonyl (C=O) groups excluding carboxylic acids is 2. The fourth-order valence-corrected chi connectivity index (χ4v) is 2.54. The molecule has 0 saturated carbocycles. The van der Waals surface area contributed by atoms with Gasteiger partial charge in [-0.15, -0.1) is 0 Å². The number of carbonyl (C=O) groups is 2. The Balaban J connectivity index is 0. The first-order valence-corrected chi connectivity index (χ1v) is 10.6. The van der Waals surface area contributed by atoms with E-state index in [2.05, 4.69) is 22.9 Å². The van der Waals surface area contributed by atoms with Gasteiger partial charge < -0.3 is 14.4 Å². The van der Waals surface area contributed by atoms with Crippen molar-refractivity contribution >= 4 is 12.4 Å². The van der Waals surface area contributed by atoms with E-state index in [0.717, 1.165) is 44.5 Å². The van der Waals surface area contributed by atoms with Gasteiger partial charge in [0.1, 0.15) is 0 Å². The van der Waals surface area contributed by atoms with Gasteiger partial charge in [0.15, 0.2) is 0 Å². The Morgan fingerprint density at radius 2 is 1.61 bits per heavy atom. The van der Waals surface area contributed by atoms with Gasteiger partial charge in [-0.25, -0.2) is 0 Å². The molecule has 1 aliphatic heterocycles. The summed E-state index contributed by atoms with van der Waals surface area (Å²) in [5, 5.41) is 0. The Hall–Kier alpha value is -1.88.